The Hall–Kier alpha value is -16.5. The van der Waals surface area contributed by atoms with Crippen molar-refractivity contribution in [2.75, 3.05) is 42.6 Å². The highest BCUT2D eigenvalue weighted by Crippen LogP contribution is 2.39. The molecule has 13 aromatic carbocycles. The summed E-state index contributed by atoms with van der Waals surface area (Å²) >= 11 is 0. The number of aromatic nitrogens is 6. The van der Waals surface area contributed by atoms with Gasteiger partial charge in [-0.2, -0.15) is 35.1 Å². The third-order valence-corrected chi connectivity index (χ3v) is 28.9. The second-order valence-electron chi connectivity index (χ2n) is 30.3. The Morgan fingerprint density at radius 1 is 0.255 bits per heavy atom. The minimum atomic E-state index is -4.91. The first-order valence-electron chi connectivity index (χ1n) is 42.1. The van der Waals surface area contributed by atoms with Crippen molar-refractivity contribution in [1.29, 1.82) is 0 Å². The van der Waals surface area contributed by atoms with E-state index in [4.69, 9.17) is 9.47 Å². The number of ether oxygens (including phenoxy) is 4. The van der Waals surface area contributed by atoms with E-state index in [0.29, 0.717) is 61.3 Å². The Morgan fingerprint density at radius 3 is 0.924 bits per heavy atom. The summed E-state index contributed by atoms with van der Waals surface area (Å²) in [6.07, 6.45) is -4.87. The van der Waals surface area contributed by atoms with Crippen molar-refractivity contribution in [3.05, 3.63) is 388 Å². The van der Waals surface area contributed by atoms with Crippen LogP contribution in [-0.2, 0) is 72.5 Å². The summed E-state index contributed by atoms with van der Waals surface area (Å²) in [5.41, 5.74) is 2.58. The molecule has 19 rings (SSSR count). The molecule has 6 aromatic heterocycles. The van der Waals surface area contributed by atoms with Crippen LogP contribution in [0.2, 0.25) is 0 Å². The number of pyridine rings is 6. The highest BCUT2D eigenvalue weighted by Gasteiger charge is 2.38. The lowest BCUT2D eigenvalue weighted by Crippen LogP contribution is -2.19. The van der Waals surface area contributed by atoms with Crippen molar-refractivity contribution in [3.63, 3.8) is 0 Å². The zero-order chi connectivity index (χ0) is 104. The summed E-state index contributed by atoms with van der Waals surface area (Å²) in [5, 5.41) is 6.52. The topological polar surface area (TPSA) is 391 Å². The van der Waals surface area contributed by atoms with Crippen LogP contribution in [0.3, 0.4) is 0 Å². The molecule has 6 N–H and O–H groups in total. The second-order valence-corrected chi connectivity index (χ2v) is 40.4. The number of halogens is 11. The molecule has 0 aliphatic rings. The van der Waals surface area contributed by atoms with Gasteiger partial charge in [0.1, 0.15) is 27.9 Å². The summed E-state index contributed by atoms with van der Waals surface area (Å²) in [6.45, 7) is -3.03. The van der Waals surface area contributed by atoms with E-state index < -0.39 is 107 Å². The zero-order valence-electron chi connectivity index (χ0n) is 74.7. The van der Waals surface area contributed by atoms with E-state index in [-0.39, 0.29) is 53.0 Å². The Kier molecular flexibility index (Phi) is 31.9. The molecular formula is C100H75F11N12O16S6. The fourth-order valence-corrected chi connectivity index (χ4v) is 21.0. The molecule has 0 atom stereocenters. The van der Waals surface area contributed by atoms with Crippen LogP contribution >= 0.6 is 0 Å². The van der Waals surface area contributed by atoms with Crippen LogP contribution in [-0.4, -0.2) is 108 Å². The Labute approximate surface area is 821 Å². The average Bonchev–Trinajstić information content (AvgIpc) is 0.591. The van der Waals surface area contributed by atoms with E-state index in [1.807, 2.05) is 66.7 Å². The SMILES string of the molecule is COc1ccc(S(=O)(=O)Nc2cccc3cccnc23)c(OC)c1.O=S(=O)(Nc1cccc2cccnc12)c1ccc(C(F)(F)F)cc1.O=S(=O)(Nc1cccc2cccnc12)c1ccc2ccccc2c1.O=S(=O)(Nc1cccc2cccnc12)c1cccc(OC(F)(F)F)c1.O=S(=O)(Nc1cccc2cccnc12)c1cccc(OC(F)F)c1.O=S(=O)(Nc1cccc2cccnc12)c1ccccc1C(F)(F)F. The number of hydrogen-bond donors (Lipinski definition) is 6. The monoisotopic (exact) mass is 2100 g/mol. The fourth-order valence-electron chi connectivity index (χ4n) is 14.1. The van der Waals surface area contributed by atoms with Crippen LogP contribution in [0.1, 0.15) is 11.1 Å². The van der Waals surface area contributed by atoms with Crippen molar-refractivity contribution >= 4 is 170 Å². The maximum atomic E-state index is 13.1. The number of sulfonamides is 6. The van der Waals surface area contributed by atoms with Crippen LogP contribution in [0, 0.1) is 0 Å². The summed E-state index contributed by atoms with van der Waals surface area (Å²) in [4.78, 5) is 23.7. The number of para-hydroxylation sites is 6. The molecule has 19 aromatic rings. The molecule has 0 saturated heterocycles. The number of alkyl halides is 11. The van der Waals surface area contributed by atoms with Crippen molar-refractivity contribution in [1.82, 2.24) is 29.9 Å². The minimum absolute atomic E-state index is 0.0266. The molecular weight excluding hydrogens is 2030 g/mol. The zero-order valence-corrected chi connectivity index (χ0v) is 79.6. The van der Waals surface area contributed by atoms with Crippen LogP contribution in [0.15, 0.2) is 406 Å². The third-order valence-electron chi connectivity index (χ3n) is 20.6. The van der Waals surface area contributed by atoms with Crippen molar-refractivity contribution in [3.8, 4) is 23.0 Å². The number of nitrogens with one attached hydrogen (secondary N) is 6. The van der Waals surface area contributed by atoms with E-state index in [9.17, 15) is 98.8 Å². The molecule has 0 amide bonds. The van der Waals surface area contributed by atoms with Crippen molar-refractivity contribution in [2.24, 2.45) is 0 Å². The summed E-state index contributed by atoms with van der Waals surface area (Å²) in [6, 6.07) is 85.5. The van der Waals surface area contributed by atoms with Crippen LogP contribution in [0.25, 0.3) is 76.2 Å². The second kappa shape index (κ2) is 44.4. The van der Waals surface area contributed by atoms with Crippen LogP contribution in [0.5, 0.6) is 23.0 Å². The molecule has 0 unspecified atom stereocenters. The molecule has 45 heteroatoms. The van der Waals surface area contributed by atoms with Gasteiger partial charge in [0.05, 0.1) is 117 Å². The average molecular weight is 2100 g/mol. The standard InChI is InChI=1S/C19H14N2O2S.C17H16N2O4S.C16H11F3N2O3S.2C16H11F3N2O2S.C16H12F2N2O3S/c22-24(23,17-11-10-14-5-1-2-6-16(14)13-17)21-18-9-3-7-15-8-4-12-20-19(15)18;1-22-13-8-9-16(15(11-13)23-2)24(20,21)19-14-7-3-5-12-6-4-10-18-17(12)14;17-16(18,19)24-12-6-2-7-13(10-12)25(22,23)21-14-8-1-4-11-5-3-9-20-15(11)14;17-16(18,19)12-6-8-13(9-7-12)24(22,23)21-14-5-1-3-11-4-2-10-20-15(11)14;17-16(18,19)12-7-1-2-9-14(12)24(22,23)21-13-8-3-5-11-6-4-10-20-15(11)13;17-16(18)23-12-6-2-7-13(10-12)24(21,22)20-14-8-1-4-11-5-3-9-19-15(11)14/h1-13,21H;3-11,19H,1-2H3;1-10,21H;2*1-10,21H;1-10,16,20H. The van der Waals surface area contributed by atoms with E-state index in [0.717, 1.165) is 104 Å². The van der Waals surface area contributed by atoms with Gasteiger partial charge in [0.2, 0.25) is 0 Å². The van der Waals surface area contributed by atoms with Gasteiger partial charge in [0, 0.05) is 87.7 Å². The Morgan fingerprint density at radius 2 is 0.566 bits per heavy atom. The number of hydrogen-bond acceptors (Lipinski definition) is 22. The summed E-state index contributed by atoms with van der Waals surface area (Å²) in [7, 11) is -21.2. The molecule has 744 valence electrons. The van der Waals surface area contributed by atoms with Gasteiger partial charge in [0.15, 0.2) is 0 Å². The van der Waals surface area contributed by atoms with Gasteiger partial charge in [-0.15, -0.1) is 13.2 Å². The van der Waals surface area contributed by atoms with Gasteiger partial charge < -0.3 is 18.9 Å². The number of benzene rings is 13. The first-order chi connectivity index (χ1) is 68.9. The summed E-state index contributed by atoms with van der Waals surface area (Å²) < 4.78 is 322. The van der Waals surface area contributed by atoms with Gasteiger partial charge in [-0.3, -0.25) is 58.2 Å². The molecule has 0 bridgehead atoms. The molecule has 0 saturated carbocycles. The maximum Gasteiger partial charge on any atom is 0.573 e. The van der Waals surface area contributed by atoms with Gasteiger partial charge >= 0.3 is 25.3 Å². The van der Waals surface area contributed by atoms with Gasteiger partial charge in [-0.05, 0) is 168 Å². The number of fused-ring (bicyclic) bond motifs is 7. The third kappa shape index (κ3) is 26.7. The largest absolute Gasteiger partial charge is 0.573 e. The lowest BCUT2D eigenvalue weighted by molar-refractivity contribution is -0.274. The lowest BCUT2D eigenvalue weighted by Gasteiger charge is -2.15. The quantitative estimate of drug-likeness (QED) is 0.0324. The number of methoxy groups -OCH3 is 2. The highest BCUT2D eigenvalue weighted by atomic mass is 32.2. The number of nitrogens with zero attached hydrogens (tertiary/aromatic N) is 6. The lowest BCUT2D eigenvalue weighted by atomic mass is 10.1. The van der Waals surface area contributed by atoms with E-state index in [1.165, 1.54) is 93.5 Å². The molecule has 0 spiro atoms. The number of anilines is 6. The van der Waals surface area contributed by atoms with E-state index in [1.54, 1.807) is 164 Å². The normalized spacial score (nSPS) is 11.9. The molecule has 145 heavy (non-hydrogen) atoms. The number of rotatable bonds is 23. The van der Waals surface area contributed by atoms with Gasteiger partial charge in [-0.1, -0.05) is 164 Å². The van der Waals surface area contributed by atoms with Crippen molar-refractivity contribution in [2.45, 2.75) is 54.7 Å². The van der Waals surface area contributed by atoms with E-state index in [2.05, 4.69) is 67.7 Å². The molecule has 6 heterocycles. The maximum absolute atomic E-state index is 13.1. The molecule has 0 aliphatic heterocycles. The van der Waals surface area contributed by atoms with Gasteiger partial charge in [0.25, 0.3) is 60.1 Å². The predicted molar refractivity (Wildman–Crippen MR) is 528 cm³/mol. The Balaban J connectivity index is 0.000000138. The molecule has 28 nitrogen and oxygen atoms in total. The predicted octanol–water partition coefficient (Wildman–Crippen LogP) is 22.9. The fraction of sp³-hybridized carbons (Fsp3) is 0.0600. The molecule has 0 aliphatic carbocycles. The van der Waals surface area contributed by atoms with Gasteiger partial charge in [-0.25, -0.2) is 50.5 Å². The molecule has 0 radical (unpaired) electrons. The van der Waals surface area contributed by atoms with E-state index >= 15 is 0 Å². The van der Waals surface area contributed by atoms with Crippen molar-refractivity contribution < 1.29 is 118 Å². The first-order valence-corrected chi connectivity index (χ1v) is 51.0. The first kappa shape index (κ1) is 104. The highest BCUT2D eigenvalue weighted by molar-refractivity contribution is 7.94. The van der Waals surface area contributed by atoms with Crippen LogP contribution < -0.4 is 47.3 Å². The Bertz CT molecular complexity index is 8700. The minimum Gasteiger partial charge on any atom is -0.497 e. The molecule has 0 fully saturated rings. The van der Waals surface area contributed by atoms with Crippen LogP contribution in [0.4, 0.5) is 82.4 Å². The smallest absolute Gasteiger partial charge is 0.497 e. The summed E-state index contributed by atoms with van der Waals surface area (Å²) in [5.74, 6) is -0.136.